The zero-order valence-corrected chi connectivity index (χ0v) is 18.3. The van der Waals surface area contributed by atoms with Crippen LogP contribution in [0.15, 0.2) is 61.1 Å². The van der Waals surface area contributed by atoms with Gasteiger partial charge in [0.25, 0.3) is 5.91 Å². The van der Waals surface area contributed by atoms with Crippen molar-refractivity contribution in [2.75, 3.05) is 6.54 Å². The Morgan fingerprint density at radius 3 is 2.64 bits per heavy atom. The molecule has 9 heteroatoms. The second-order valence-corrected chi connectivity index (χ2v) is 8.27. The second kappa shape index (κ2) is 9.89. The van der Waals surface area contributed by atoms with Crippen LogP contribution in [0.3, 0.4) is 0 Å². The van der Waals surface area contributed by atoms with Crippen molar-refractivity contribution in [3.63, 3.8) is 0 Å². The van der Waals surface area contributed by atoms with E-state index in [-0.39, 0.29) is 6.04 Å². The van der Waals surface area contributed by atoms with Gasteiger partial charge >= 0.3 is 6.18 Å². The van der Waals surface area contributed by atoms with E-state index in [4.69, 9.17) is 11.6 Å². The van der Waals surface area contributed by atoms with Crippen LogP contribution in [0.2, 0.25) is 5.02 Å². The molecule has 3 heterocycles. The Balaban J connectivity index is 1.68. The van der Waals surface area contributed by atoms with E-state index >= 15 is 0 Å². The second-order valence-electron chi connectivity index (χ2n) is 7.89. The molecule has 0 spiro atoms. The van der Waals surface area contributed by atoms with Crippen molar-refractivity contribution in [3.8, 4) is 11.1 Å². The number of carbonyl (C=O) groups is 1. The Bertz CT molecular complexity index is 1120. The fourth-order valence-electron chi connectivity index (χ4n) is 4.06. The van der Waals surface area contributed by atoms with Gasteiger partial charge in [-0.1, -0.05) is 42.3 Å². The quantitative estimate of drug-likeness (QED) is 0.517. The Kier molecular flexibility index (Phi) is 6.95. The average molecular weight is 475 g/mol. The summed E-state index contributed by atoms with van der Waals surface area (Å²) in [5, 5.41) is 5.60. The molecule has 0 radical (unpaired) electrons. The first-order valence-electron chi connectivity index (χ1n) is 10.6. The maximum atomic E-state index is 13.3. The number of pyridine rings is 2. The molecule has 4 rings (SSSR count). The summed E-state index contributed by atoms with van der Waals surface area (Å²) in [5.74, 6) is -0.754. The van der Waals surface area contributed by atoms with E-state index in [1.54, 1.807) is 12.4 Å². The van der Waals surface area contributed by atoms with Crippen molar-refractivity contribution in [3.05, 3.63) is 82.9 Å². The lowest BCUT2D eigenvalue weighted by Gasteiger charge is -2.32. The van der Waals surface area contributed by atoms with Gasteiger partial charge in [0.2, 0.25) is 0 Å². The van der Waals surface area contributed by atoms with Crippen LogP contribution < -0.4 is 10.6 Å². The van der Waals surface area contributed by atoms with Crippen LogP contribution in [0.1, 0.15) is 46.9 Å². The highest BCUT2D eigenvalue weighted by Gasteiger charge is 2.36. The number of benzene rings is 1. The van der Waals surface area contributed by atoms with Gasteiger partial charge in [-0.3, -0.25) is 9.78 Å². The first kappa shape index (κ1) is 23.2. The van der Waals surface area contributed by atoms with Crippen LogP contribution in [0.5, 0.6) is 0 Å². The molecule has 1 aliphatic rings. The van der Waals surface area contributed by atoms with E-state index in [9.17, 15) is 18.0 Å². The van der Waals surface area contributed by atoms with Crippen LogP contribution in [0.25, 0.3) is 11.1 Å². The van der Waals surface area contributed by atoms with Gasteiger partial charge in [-0.15, -0.1) is 0 Å². The summed E-state index contributed by atoms with van der Waals surface area (Å²) in [7, 11) is 0. The zero-order chi connectivity index (χ0) is 23.4. The van der Waals surface area contributed by atoms with Gasteiger partial charge in [-0.05, 0) is 54.3 Å². The lowest BCUT2D eigenvalue weighted by atomic mass is 9.91. The van der Waals surface area contributed by atoms with Crippen LogP contribution in [0, 0.1) is 0 Å². The minimum Gasteiger partial charge on any atom is -0.342 e. The lowest BCUT2D eigenvalue weighted by Crippen LogP contribution is -2.46. The van der Waals surface area contributed by atoms with Crippen molar-refractivity contribution in [1.29, 1.82) is 0 Å². The summed E-state index contributed by atoms with van der Waals surface area (Å²) in [6.07, 6.45) is 2.51. The van der Waals surface area contributed by atoms with E-state index in [1.807, 2.05) is 36.4 Å². The summed E-state index contributed by atoms with van der Waals surface area (Å²) in [4.78, 5) is 21.1. The normalized spacial score (nSPS) is 17.4. The van der Waals surface area contributed by atoms with Crippen molar-refractivity contribution >= 4 is 17.5 Å². The number of piperidine rings is 1. The molecule has 2 aromatic heterocycles. The third-order valence-electron chi connectivity index (χ3n) is 5.69. The number of amides is 1. The highest BCUT2D eigenvalue weighted by molar-refractivity contribution is 6.34. The Labute approximate surface area is 194 Å². The van der Waals surface area contributed by atoms with Gasteiger partial charge in [0, 0.05) is 24.6 Å². The third kappa shape index (κ3) is 5.34. The summed E-state index contributed by atoms with van der Waals surface area (Å²) < 4.78 is 39.8. The molecule has 172 valence electrons. The fraction of sp³-hybridized carbons (Fsp3) is 0.292. The number of nitrogens with one attached hydrogen (secondary N) is 2. The van der Waals surface area contributed by atoms with Gasteiger partial charge in [-0.2, -0.15) is 13.2 Å². The number of hydrogen-bond donors (Lipinski definition) is 2. The molecule has 0 bridgehead atoms. The molecule has 1 amide bonds. The predicted molar refractivity (Wildman–Crippen MR) is 120 cm³/mol. The number of alkyl halides is 3. The number of halogens is 4. The van der Waals surface area contributed by atoms with Crippen LogP contribution in [0.4, 0.5) is 13.2 Å². The van der Waals surface area contributed by atoms with E-state index in [0.717, 1.165) is 54.8 Å². The maximum Gasteiger partial charge on any atom is 0.417 e. The molecule has 33 heavy (non-hydrogen) atoms. The lowest BCUT2D eigenvalue weighted by molar-refractivity contribution is -0.137. The first-order chi connectivity index (χ1) is 15.8. The van der Waals surface area contributed by atoms with Gasteiger partial charge in [0.15, 0.2) is 0 Å². The maximum absolute atomic E-state index is 13.3. The predicted octanol–water partition coefficient (Wildman–Crippen LogP) is 5.43. The van der Waals surface area contributed by atoms with Crippen molar-refractivity contribution in [1.82, 2.24) is 20.6 Å². The number of hydrogen-bond acceptors (Lipinski definition) is 4. The van der Waals surface area contributed by atoms with Gasteiger partial charge < -0.3 is 10.6 Å². The molecule has 0 saturated carbocycles. The van der Waals surface area contributed by atoms with E-state index in [1.165, 1.54) is 0 Å². The van der Waals surface area contributed by atoms with Crippen LogP contribution in [-0.4, -0.2) is 28.5 Å². The summed E-state index contributed by atoms with van der Waals surface area (Å²) in [6, 6.07) is 11.6. The monoisotopic (exact) mass is 474 g/mol. The minimum absolute atomic E-state index is 0.0866. The molecule has 1 saturated heterocycles. The molecule has 5 nitrogen and oxygen atoms in total. The van der Waals surface area contributed by atoms with Gasteiger partial charge in [0.05, 0.1) is 16.6 Å². The van der Waals surface area contributed by atoms with E-state index in [0.29, 0.717) is 0 Å². The van der Waals surface area contributed by atoms with E-state index < -0.39 is 34.4 Å². The Hall–Kier alpha value is -2.97. The molecule has 2 atom stereocenters. The fourth-order valence-corrected chi connectivity index (χ4v) is 4.36. The molecular formula is C24H22ClF3N4O. The number of aromatic nitrogens is 2. The third-order valence-corrected chi connectivity index (χ3v) is 6.07. The largest absolute Gasteiger partial charge is 0.417 e. The summed E-state index contributed by atoms with van der Waals surface area (Å²) in [6.45, 7) is 0.794. The molecule has 0 aliphatic carbocycles. The van der Waals surface area contributed by atoms with Crippen molar-refractivity contribution < 1.29 is 18.0 Å². The zero-order valence-electron chi connectivity index (χ0n) is 17.6. The summed E-state index contributed by atoms with van der Waals surface area (Å²) in [5.41, 5.74) is 1.13. The summed E-state index contributed by atoms with van der Waals surface area (Å²) >= 11 is 5.94. The van der Waals surface area contributed by atoms with Gasteiger partial charge in [-0.25, -0.2) is 4.98 Å². The SMILES string of the molecule is O=C(NC(c1cccc(-c2cccnc2)c1)[C@@H]1CCCCN1)c1nccc(C(F)(F)F)c1Cl. The highest BCUT2D eigenvalue weighted by atomic mass is 35.5. The highest BCUT2D eigenvalue weighted by Crippen LogP contribution is 2.36. The molecule has 3 aromatic rings. The topological polar surface area (TPSA) is 66.9 Å². The Morgan fingerprint density at radius 1 is 1.12 bits per heavy atom. The molecular weight excluding hydrogens is 453 g/mol. The average Bonchev–Trinajstić information content (AvgIpc) is 2.83. The first-order valence-corrected chi connectivity index (χ1v) is 11.0. The van der Waals surface area contributed by atoms with Crippen LogP contribution in [-0.2, 0) is 6.18 Å². The molecule has 1 aromatic carbocycles. The van der Waals surface area contributed by atoms with Crippen LogP contribution >= 0.6 is 11.6 Å². The Morgan fingerprint density at radius 2 is 1.94 bits per heavy atom. The molecule has 2 N–H and O–H groups in total. The molecule has 1 aliphatic heterocycles. The van der Waals surface area contributed by atoms with Gasteiger partial charge in [0.1, 0.15) is 5.69 Å². The number of carbonyl (C=O) groups excluding carboxylic acids is 1. The van der Waals surface area contributed by atoms with Crippen molar-refractivity contribution in [2.45, 2.75) is 37.5 Å². The van der Waals surface area contributed by atoms with E-state index in [2.05, 4.69) is 20.6 Å². The smallest absolute Gasteiger partial charge is 0.342 e. The molecule has 1 fully saturated rings. The number of nitrogens with zero attached hydrogens (tertiary/aromatic N) is 2. The standard InChI is InChI=1S/C24H22ClF3N4O/c25-20-18(24(26,27)28)9-12-31-22(20)23(33)32-21(19-8-1-2-11-30-19)16-6-3-5-15(13-16)17-7-4-10-29-14-17/h3-7,9-10,12-14,19,21,30H,1-2,8,11H2,(H,32,33)/t19-,21?/m0/s1. The van der Waals surface area contributed by atoms with Crippen molar-refractivity contribution in [2.24, 2.45) is 0 Å². The number of rotatable bonds is 5. The minimum atomic E-state index is -4.68. The molecule has 1 unspecified atom stereocenters.